The number of carbonyl (C=O) groups excluding carboxylic acids is 2. The molecule has 1 aromatic carbocycles. The van der Waals surface area contributed by atoms with Crippen molar-refractivity contribution in [2.45, 2.75) is 13.0 Å². The van der Waals surface area contributed by atoms with Crippen LogP contribution in [0.1, 0.15) is 12.0 Å². The summed E-state index contributed by atoms with van der Waals surface area (Å²) in [5.74, 6) is -1.16. The van der Waals surface area contributed by atoms with Crippen molar-refractivity contribution in [2.24, 2.45) is 4.99 Å². The molecule has 0 aliphatic carbocycles. The Kier molecular flexibility index (Phi) is 4.22. The molecule has 0 radical (unpaired) electrons. The van der Waals surface area contributed by atoms with Gasteiger partial charge in [-0.2, -0.15) is 0 Å². The van der Waals surface area contributed by atoms with Crippen molar-refractivity contribution in [3.8, 4) is 0 Å². The van der Waals surface area contributed by atoms with E-state index < -0.39 is 11.9 Å². The molecule has 0 aliphatic heterocycles. The summed E-state index contributed by atoms with van der Waals surface area (Å²) in [5, 5.41) is 0. The summed E-state index contributed by atoms with van der Waals surface area (Å²) < 4.78 is 4.85. The highest BCUT2D eigenvalue weighted by molar-refractivity contribution is 5.96. The highest BCUT2D eigenvalue weighted by Gasteiger charge is 2.08. The van der Waals surface area contributed by atoms with Crippen LogP contribution in [0.2, 0.25) is 0 Å². The second-order valence-corrected chi connectivity index (χ2v) is 2.87. The fraction of sp³-hybridized carbons (Fsp3) is 0.182. The third-order valence-electron chi connectivity index (χ3n) is 1.71. The van der Waals surface area contributed by atoms with Crippen LogP contribution < -0.4 is 0 Å². The van der Waals surface area contributed by atoms with Gasteiger partial charge in [-0.25, -0.2) is 4.99 Å². The molecule has 0 bridgehead atoms. The summed E-state index contributed by atoms with van der Waals surface area (Å²) in [6.45, 7) is 3.20. The van der Waals surface area contributed by atoms with E-state index in [-0.39, 0.29) is 13.0 Å². The van der Waals surface area contributed by atoms with Gasteiger partial charge >= 0.3 is 5.97 Å². The minimum atomic E-state index is -0.587. The zero-order valence-electron chi connectivity index (χ0n) is 8.18. The number of amides is 1. The third-order valence-corrected chi connectivity index (χ3v) is 1.71. The lowest BCUT2D eigenvalue weighted by atomic mass is 10.2. The highest BCUT2D eigenvalue weighted by atomic mass is 16.5. The number of esters is 1. The van der Waals surface area contributed by atoms with E-state index in [1.165, 1.54) is 0 Å². The van der Waals surface area contributed by atoms with Gasteiger partial charge in [0.15, 0.2) is 0 Å². The predicted molar refractivity (Wildman–Crippen MR) is 55.4 cm³/mol. The monoisotopic (exact) mass is 205 g/mol. The van der Waals surface area contributed by atoms with Crippen LogP contribution in [0.25, 0.3) is 0 Å². The van der Waals surface area contributed by atoms with E-state index >= 15 is 0 Å². The van der Waals surface area contributed by atoms with Crippen LogP contribution in [0.3, 0.4) is 0 Å². The number of aliphatic imine (C=N–C) groups is 1. The molecule has 0 saturated heterocycles. The lowest BCUT2D eigenvalue weighted by Crippen LogP contribution is -2.09. The Balaban J connectivity index is 2.35. The molecule has 4 heteroatoms. The van der Waals surface area contributed by atoms with Gasteiger partial charge < -0.3 is 4.74 Å². The first-order valence-electron chi connectivity index (χ1n) is 4.41. The Morgan fingerprint density at radius 3 is 2.53 bits per heavy atom. The van der Waals surface area contributed by atoms with Crippen LogP contribution in [-0.2, 0) is 20.9 Å². The molecule has 15 heavy (non-hydrogen) atoms. The van der Waals surface area contributed by atoms with E-state index in [2.05, 4.69) is 11.7 Å². The predicted octanol–water partition coefficient (Wildman–Crippen LogP) is 1.35. The van der Waals surface area contributed by atoms with Crippen molar-refractivity contribution in [1.29, 1.82) is 0 Å². The number of nitrogens with zero attached hydrogens (tertiary/aromatic N) is 1. The summed E-state index contributed by atoms with van der Waals surface area (Å²) in [6, 6.07) is 9.23. The average Bonchev–Trinajstić information content (AvgIpc) is 2.27. The van der Waals surface area contributed by atoms with Crippen molar-refractivity contribution in [3.63, 3.8) is 0 Å². The van der Waals surface area contributed by atoms with Gasteiger partial charge in [0.2, 0.25) is 0 Å². The molecular formula is C11H11NO3. The number of carbonyl (C=O) groups is 2. The number of benzene rings is 1. The van der Waals surface area contributed by atoms with Crippen LogP contribution in [-0.4, -0.2) is 18.6 Å². The highest BCUT2D eigenvalue weighted by Crippen LogP contribution is 2.01. The SMILES string of the molecule is C=NC(=O)CC(=O)OCc1ccccc1. The van der Waals surface area contributed by atoms with E-state index in [1.54, 1.807) is 0 Å². The van der Waals surface area contributed by atoms with Crippen molar-refractivity contribution in [3.05, 3.63) is 35.9 Å². The lowest BCUT2D eigenvalue weighted by Gasteiger charge is -2.02. The van der Waals surface area contributed by atoms with E-state index in [4.69, 9.17) is 4.74 Å². The van der Waals surface area contributed by atoms with E-state index in [1.807, 2.05) is 30.3 Å². The maximum atomic E-state index is 11.1. The molecule has 0 heterocycles. The third kappa shape index (κ3) is 4.17. The molecule has 78 valence electrons. The van der Waals surface area contributed by atoms with E-state index in [9.17, 15) is 9.59 Å². The summed E-state index contributed by atoms with van der Waals surface area (Å²) >= 11 is 0. The zero-order chi connectivity index (χ0) is 11.1. The van der Waals surface area contributed by atoms with Crippen molar-refractivity contribution in [1.82, 2.24) is 0 Å². The normalized spacial score (nSPS) is 9.33. The van der Waals surface area contributed by atoms with Crippen molar-refractivity contribution >= 4 is 18.6 Å². The first-order chi connectivity index (χ1) is 7.22. The molecule has 0 N–H and O–H groups in total. The van der Waals surface area contributed by atoms with Gasteiger partial charge in [0.25, 0.3) is 5.91 Å². The van der Waals surface area contributed by atoms with Crippen LogP contribution in [0.4, 0.5) is 0 Å². The van der Waals surface area contributed by atoms with Gasteiger partial charge in [-0.15, -0.1) is 0 Å². The summed E-state index contributed by atoms with van der Waals surface area (Å²) in [6.07, 6.45) is -0.351. The first-order valence-corrected chi connectivity index (χ1v) is 4.41. The smallest absolute Gasteiger partial charge is 0.315 e. The van der Waals surface area contributed by atoms with Crippen molar-refractivity contribution in [2.75, 3.05) is 0 Å². The van der Waals surface area contributed by atoms with Crippen LogP contribution >= 0.6 is 0 Å². The zero-order valence-corrected chi connectivity index (χ0v) is 8.18. The van der Waals surface area contributed by atoms with Gasteiger partial charge in [-0.3, -0.25) is 9.59 Å². The molecule has 0 spiro atoms. The Morgan fingerprint density at radius 2 is 1.93 bits per heavy atom. The van der Waals surface area contributed by atoms with Crippen LogP contribution in [0.15, 0.2) is 35.3 Å². The maximum Gasteiger partial charge on any atom is 0.315 e. The number of ether oxygens (including phenoxy) is 1. The van der Waals surface area contributed by atoms with Crippen molar-refractivity contribution < 1.29 is 14.3 Å². The van der Waals surface area contributed by atoms with Crippen LogP contribution in [0, 0.1) is 0 Å². The summed E-state index contributed by atoms with van der Waals surface area (Å²) in [5.41, 5.74) is 0.880. The fourth-order valence-corrected chi connectivity index (χ4v) is 0.968. The average molecular weight is 205 g/mol. The molecule has 0 unspecified atom stereocenters. The van der Waals surface area contributed by atoms with Gasteiger partial charge in [-0.1, -0.05) is 30.3 Å². The van der Waals surface area contributed by atoms with Gasteiger partial charge in [0.05, 0.1) is 0 Å². The standard InChI is InChI=1S/C11H11NO3/c1-12-10(13)7-11(14)15-8-9-5-3-2-4-6-9/h2-6H,1,7-8H2. The summed E-state index contributed by atoms with van der Waals surface area (Å²) in [7, 11) is 0. The second-order valence-electron chi connectivity index (χ2n) is 2.87. The fourth-order valence-electron chi connectivity index (χ4n) is 0.968. The number of rotatable bonds is 4. The lowest BCUT2D eigenvalue weighted by molar-refractivity contribution is -0.147. The first kappa shape index (κ1) is 11.1. The molecule has 1 amide bonds. The number of hydrogen-bond donors (Lipinski definition) is 0. The Bertz CT molecular complexity index is 359. The van der Waals surface area contributed by atoms with Gasteiger partial charge in [0, 0.05) is 0 Å². The molecular weight excluding hydrogens is 194 g/mol. The minimum Gasteiger partial charge on any atom is -0.460 e. The Morgan fingerprint density at radius 1 is 1.27 bits per heavy atom. The van der Waals surface area contributed by atoms with Gasteiger partial charge in [-0.05, 0) is 12.3 Å². The minimum absolute atomic E-state index is 0.171. The molecule has 0 saturated carbocycles. The molecule has 1 aromatic rings. The largest absolute Gasteiger partial charge is 0.460 e. The molecule has 4 nitrogen and oxygen atoms in total. The Labute approximate surface area is 87.6 Å². The molecule has 0 aliphatic rings. The maximum absolute atomic E-state index is 11.1. The van der Waals surface area contributed by atoms with Gasteiger partial charge in [0.1, 0.15) is 13.0 Å². The quantitative estimate of drug-likeness (QED) is 0.423. The van der Waals surface area contributed by atoms with E-state index in [0.29, 0.717) is 0 Å². The second kappa shape index (κ2) is 5.70. The molecule has 1 rings (SSSR count). The Hall–Kier alpha value is -1.97. The van der Waals surface area contributed by atoms with Crippen LogP contribution in [0.5, 0.6) is 0 Å². The van der Waals surface area contributed by atoms with E-state index in [0.717, 1.165) is 5.56 Å². The topological polar surface area (TPSA) is 55.7 Å². The summed E-state index contributed by atoms with van der Waals surface area (Å²) in [4.78, 5) is 24.9. The molecule has 0 aromatic heterocycles. The number of hydrogen-bond acceptors (Lipinski definition) is 3. The molecule has 0 atom stereocenters. The molecule has 0 fully saturated rings.